The molecule has 0 radical (unpaired) electrons. The fourth-order valence-corrected chi connectivity index (χ4v) is 3.57. The number of nitrogens with zero attached hydrogens (tertiary/aromatic N) is 3. The smallest absolute Gasteiger partial charge is 0.243 e. The quantitative estimate of drug-likeness (QED) is 0.556. The minimum Gasteiger partial charge on any atom is -0.339 e. The normalized spacial score (nSPS) is 24.6. The van der Waals surface area contributed by atoms with Gasteiger partial charge >= 0.3 is 0 Å². The minimum absolute atomic E-state index is 0.0645. The predicted octanol–water partition coefficient (Wildman–Crippen LogP) is 2.34. The highest BCUT2D eigenvalue weighted by atomic mass is 16.2. The first-order valence-electron chi connectivity index (χ1n) is 9.71. The zero-order valence-electron chi connectivity index (χ0n) is 15.9. The highest BCUT2D eigenvalue weighted by molar-refractivity contribution is 5.97. The van der Waals surface area contributed by atoms with Crippen molar-refractivity contribution in [1.82, 2.24) is 30.8 Å². The van der Waals surface area contributed by atoms with Crippen molar-refractivity contribution < 1.29 is 4.79 Å². The molecule has 3 unspecified atom stereocenters. The molecule has 1 aliphatic carbocycles. The lowest BCUT2D eigenvalue weighted by Gasteiger charge is -2.15. The minimum atomic E-state index is -0.269. The lowest BCUT2D eigenvalue weighted by molar-refractivity contribution is -0.118. The number of fused-ring (bicyclic) bond motifs is 1. The fourth-order valence-electron chi connectivity index (χ4n) is 3.57. The molecule has 144 valence electrons. The van der Waals surface area contributed by atoms with Crippen LogP contribution >= 0.6 is 0 Å². The number of aromatic amines is 1. The summed E-state index contributed by atoms with van der Waals surface area (Å²) in [4.78, 5) is 29.3. The van der Waals surface area contributed by atoms with E-state index < -0.39 is 0 Å². The third-order valence-electron chi connectivity index (χ3n) is 5.73. The summed E-state index contributed by atoms with van der Waals surface area (Å²) in [5.41, 5.74) is 9.45. The standard InChI is InChI=1S/C20H23N7O/c1-10-11(2)26-27-17(10)20(28)24-15-5-13-6-16(25-19(13)23-9-15)14-7-21-18(22-8-14)12-3-4-12/h5-12,17,26-27H,3-4H2,1-2H3,(H,23,25)(H,24,28). The number of aromatic nitrogens is 4. The Balaban J connectivity index is 1.35. The Morgan fingerprint density at radius 3 is 2.54 bits per heavy atom. The summed E-state index contributed by atoms with van der Waals surface area (Å²) in [6, 6.07) is 3.91. The SMILES string of the molecule is CC1NNC(C(=O)Nc2cnc3[nH]c(-c4cnc(C5CC5)nc4)cc3c2)C1C. The number of anilines is 1. The second kappa shape index (κ2) is 6.65. The molecular formula is C20H23N7O. The van der Waals surface area contributed by atoms with Gasteiger partial charge in [0.2, 0.25) is 5.91 Å². The summed E-state index contributed by atoms with van der Waals surface area (Å²) in [6.07, 6.45) is 7.76. The molecular weight excluding hydrogens is 354 g/mol. The van der Waals surface area contributed by atoms with Crippen LogP contribution in [-0.2, 0) is 4.79 Å². The van der Waals surface area contributed by atoms with Crippen LogP contribution in [0.2, 0.25) is 0 Å². The van der Waals surface area contributed by atoms with E-state index in [0.29, 0.717) is 11.6 Å². The highest BCUT2D eigenvalue weighted by Gasteiger charge is 2.34. The molecule has 3 atom stereocenters. The van der Waals surface area contributed by atoms with E-state index in [1.165, 1.54) is 12.8 Å². The monoisotopic (exact) mass is 377 g/mol. The number of carbonyl (C=O) groups is 1. The lowest BCUT2D eigenvalue weighted by Crippen LogP contribution is -2.41. The van der Waals surface area contributed by atoms with Crippen LogP contribution in [0.1, 0.15) is 38.4 Å². The number of amides is 1. The van der Waals surface area contributed by atoms with Gasteiger partial charge in [0.15, 0.2) is 0 Å². The van der Waals surface area contributed by atoms with Gasteiger partial charge in [0, 0.05) is 35.3 Å². The fraction of sp³-hybridized carbons (Fsp3) is 0.400. The second-order valence-electron chi connectivity index (χ2n) is 7.85. The van der Waals surface area contributed by atoms with Gasteiger partial charge in [-0.25, -0.2) is 20.4 Å². The van der Waals surface area contributed by atoms with E-state index >= 15 is 0 Å². The first-order valence-corrected chi connectivity index (χ1v) is 9.71. The van der Waals surface area contributed by atoms with E-state index in [4.69, 9.17) is 0 Å². The Hall–Kier alpha value is -2.84. The first-order chi connectivity index (χ1) is 13.6. The van der Waals surface area contributed by atoms with Crippen LogP contribution in [0.15, 0.2) is 30.7 Å². The van der Waals surface area contributed by atoms with Gasteiger partial charge in [0.1, 0.15) is 17.5 Å². The summed E-state index contributed by atoms with van der Waals surface area (Å²) in [7, 11) is 0. The zero-order chi connectivity index (χ0) is 19.3. The molecule has 3 aromatic rings. The molecule has 4 heterocycles. The molecule has 8 nitrogen and oxygen atoms in total. The number of hydrogen-bond acceptors (Lipinski definition) is 6. The maximum atomic E-state index is 12.6. The molecule has 5 rings (SSSR count). The Morgan fingerprint density at radius 1 is 1.07 bits per heavy atom. The van der Waals surface area contributed by atoms with Crippen LogP contribution in [0.25, 0.3) is 22.3 Å². The van der Waals surface area contributed by atoms with Crippen molar-refractivity contribution in [1.29, 1.82) is 0 Å². The van der Waals surface area contributed by atoms with Gasteiger partial charge in [-0.2, -0.15) is 0 Å². The molecule has 3 aromatic heterocycles. The Morgan fingerprint density at radius 2 is 1.86 bits per heavy atom. The van der Waals surface area contributed by atoms with Crippen LogP contribution in [0, 0.1) is 5.92 Å². The molecule has 0 spiro atoms. The molecule has 4 N–H and O–H groups in total. The van der Waals surface area contributed by atoms with Crippen molar-refractivity contribution in [3.63, 3.8) is 0 Å². The Labute approximate surface area is 162 Å². The van der Waals surface area contributed by atoms with Crippen molar-refractivity contribution >= 4 is 22.6 Å². The summed E-state index contributed by atoms with van der Waals surface area (Å²) < 4.78 is 0. The van der Waals surface area contributed by atoms with Crippen molar-refractivity contribution in [3.8, 4) is 11.3 Å². The van der Waals surface area contributed by atoms with Gasteiger partial charge in [-0.05, 0) is 37.8 Å². The van der Waals surface area contributed by atoms with Crippen LogP contribution in [-0.4, -0.2) is 37.9 Å². The molecule has 2 aliphatic rings. The highest BCUT2D eigenvalue weighted by Crippen LogP contribution is 2.38. The average molecular weight is 377 g/mol. The average Bonchev–Trinajstić information content (AvgIpc) is 3.38. The van der Waals surface area contributed by atoms with Gasteiger partial charge in [0.05, 0.1) is 17.6 Å². The van der Waals surface area contributed by atoms with E-state index in [1.54, 1.807) is 6.20 Å². The number of rotatable bonds is 4. The van der Waals surface area contributed by atoms with Crippen molar-refractivity contribution in [2.24, 2.45) is 5.92 Å². The summed E-state index contributed by atoms with van der Waals surface area (Å²) in [5, 5.41) is 3.89. The largest absolute Gasteiger partial charge is 0.339 e. The molecule has 8 heteroatoms. The third kappa shape index (κ3) is 3.14. The number of carbonyl (C=O) groups excluding carboxylic acids is 1. The molecule has 2 fully saturated rings. The van der Waals surface area contributed by atoms with Crippen LogP contribution < -0.4 is 16.2 Å². The van der Waals surface area contributed by atoms with Crippen LogP contribution in [0.4, 0.5) is 5.69 Å². The van der Waals surface area contributed by atoms with Crippen molar-refractivity contribution in [2.75, 3.05) is 5.32 Å². The van der Waals surface area contributed by atoms with Crippen LogP contribution in [0.3, 0.4) is 0 Å². The van der Waals surface area contributed by atoms with Gasteiger partial charge in [-0.15, -0.1) is 0 Å². The Kier molecular flexibility index (Phi) is 4.10. The third-order valence-corrected chi connectivity index (χ3v) is 5.73. The number of hydrogen-bond donors (Lipinski definition) is 4. The maximum Gasteiger partial charge on any atom is 0.243 e. The Bertz CT molecular complexity index is 1020. The molecule has 1 amide bonds. The lowest BCUT2D eigenvalue weighted by atomic mass is 9.97. The topological polar surface area (TPSA) is 108 Å². The van der Waals surface area contributed by atoms with E-state index in [9.17, 15) is 4.79 Å². The zero-order valence-corrected chi connectivity index (χ0v) is 15.9. The summed E-state index contributed by atoms with van der Waals surface area (Å²) in [5.74, 6) is 1.61. The molecule has 28 heavy (non-hydrogen) atoms. The van der Waals surface area contributed by atoms with Gasteiger partial charge in [0.25, 0.3) is 0 Å². The number of hydrazine groups is 1. The van der Waals surface area contributed by atoms with E-state index in [2.05, 4.69) is 50.0 Å². The van der Waals surface area contributed by atoms with Gasteiger partial charge in [-0.3, -0.25) is 10.2 Å². The van der Waals surface area contributed by atoms with Crippen molar-refractivity contribution in [3.05, 3.63) is 36.5 Å². The number of nitrogens with one attached hydrogen (secondary N) is 4. The van der Waals surface area contributed by atoms with Crippen LogP contribution in [0.5, 0.6) is 0 Å². The number of pyridine rings is 1. The molecule has 1 saturated carbocycles. The second-order valence-corrected chi connectivity index (χ2v) is 7.85. The molecule has 1 saturated heterocycles. The van der Waals surface area contributed by atoms with E-state index in [1.807, 2.05) is 24.5 Å². The van der Waals surface area contributed by atoms with E-state index in [0.717, 1.165) is 28.1 Å². The summed E-state index contributed by atoms with van der Waals surface area (Å²) >= 11 is 0. The van der Waals surface area contributed by atoms with Gasteiger partial charge < -0.3 is 10.3 Å². The van der Waals surface area contributed by atoms with E-state index in [-0.39, 0.29) is 23.9 Å². The molecule has 0 aromatic carbocycles. The van der Waals surface area contributed by atoms with Crippen molar-refractivity contribution in [2.45, 2.75) is 44.7 Å². The first kappa shape index (κ1) is 17.3. The number of H-pyrrole nitrogens is 1. The van der Waals surface area contributed by atoms with Gasteiger partial charge in [-0.1, -0.05) is 6.92 Å². The molecule has 0 bridgehead atoms. The maximum absolute atomic E-state index is 12.6. The predicted molar refractivity (Wildman–Crippen MR) is 106 cm³/mol. The molecule has 1 aliphatic heterocycles. The summed E-state index contributed by atoms with van der Waals surface area (Å²) in [6.45, 7) is 4.11.